The minimum Gasteiger partial charge on any atom is -0.347 e. The molecule has 0 aromatic heterocycles. The van der Waals surface area contributed by atoms with Crippen molar-refractivity contribution in [3.63, 3.8) is 0 Å². The molecule has 30 heavy (non-hydrogen) atoms. The maximum atomic E-state index is 12.5. The number of amides is 3. The molecule has 1 heterocycles. The summed E-state index contributed by atoms with van der Waals surface area (Å²) in [5, 5.41) is 5.85. The summed E-state index contributed by atoms with van der Waals surface area (Å²) in [6.07, 6.45) is 0. The van der Waals surface area contributed by atoms with E-state index in [1.54, 1.807) is 24.3 Å². The zero-order valence-electron chi connectivity index (χ0n) is 16.6. The van der Waals surface area contributed by atoms with Gasteiger partial charge in [0.05, 0.1) is 0 Å². The predicted octanol–water partition coefficient (Wildman–Crippen LogP) is 1.53. The Morgan fingerprint density at radius 3 is 2.13 bits per heavy atom. The number of rotatable bonds is 6. The number of hydrogen-bond acceptors (Lipinski definition) is 4. The van der Waals surface area contributed by atoms with Crippen LogP contribution in [-0.4, -0.2) is 66.8 Å². The van der Waals surface area contributed by atoms with Gasteiger partial charge in [0.2, 0.25) is 0 Å². The van der Waals surface area contributed by atoms with E-state index < -0.39 is 11.8 Å². The van der Waals surface area contributed by atoms with E-state index in [4.69, 9.17) is 11.6 Å². The average molecular weight is 429 g/mol. The number of halogens is 1. The fraction of sp³-hybridized carbons (Fsp3) is 0.318. The number of benzene rings is 2. The average Bonchev–Trinajstić information content (AvgIpc) is 2.79. The van der Waals surface area contributed by atoms with E-state index in [2.05, 4.69) is 15.5 Å². The van der Waals surface area contributed by atoms with Crippen LogP contribution in [0.3, 0.4) is 0 Å². The lowest BCUT2D eigenvalue weighted by Gasteiger charge is -2.34. The Labute approximate surface area is 181 Å². The lowest BCUT2D eigenvalue weighted by molar-refractivity contribution is -0.139. The van der Waals surface area contributed by atoms with Crippen molar-refractivity contribution in [2.24, 2.45) is 0 Å². The van der Waals surface area contributed by atoms with E-state index >= 15 is 0 Å². The van der Waals surface area contributed by atoms with Crippen LogP contribution in [0, 0.1) is 0 Å². The molecular weight excluding hydrogens is 404 g/mol. The first kappa shape index (κ1) is 21.8. The summed E-state index contributed by atoms with van der Waals surface area (Å²) < 4.78 is 0. The molecule has 2 aromatic carbocycles. The standard InChI is InChI=1S/C22H25ClN4O3/c23-19-8-6-17(7-9-19)16-25-21(29)20(28)24-10-11-26-12-14-27(15-13-26)22(30)18-4-2-1-3-5-18/h1-9H,10-16H2,(H,24,28)(H,25,29). The summed E-state index contributed by atoms with van der Waals surface area (Å²) in [5.74, 6) is -1.27. The van der Waals surface area contributed by atoms with Crippen LogP contribution in [0.1, 0.15) is 15.9 Å². The quantitative estimate of drug-likeness (QED) is 0.684. The zero-order chi connectivity index (χ0) is 21.3. The summed E-state index contributed by atoms with van der Waals surface area (Å²) in [4.78, 5) is 40.3. The van der Waals surface area contributed by atoms with Crippen LogP contribution < -0.4 is 10.6 Å². The minimum atomic E-state index is -0.664. The van der Waals surface area contributed by atoms with Crippen LogP contribution >= 0.6 is 11.6 Å². The van der Waals surface area contributed by atoms with Crippen LogP contribution in [-0.2, 0) is 16.1 Å². The molecule has 2 aromatic rings. The Balaban J connectivity index is 1.32. The van der Waals surface area contributed by atoms with Gasteiger partial charge in [0.15, 0.2) is 0 Å². The van der Waals surface area contributed by atoms with Crippen molar-refractivity contribution in [1.29, 1.82) is 0 Å². The first-order chi connectivity index (χ1) is 14.5. The molecule has 7 nitrogen and oxygen atoms in total. The summed E-state index contributed by atoms with van der Waals surface area (Å²) in [6, 6.07) is 16.3. The van der Waals surface area contributed by atoms with E-state index in [0.717, 1.165) is 18.7 Å². The lowest BCUT2D eigenvalue weighted by atomic mass is 10.2. The maximum absolute atomic E-state index is 12.5. The molecule has 1 aliphatic rings. The van der Waals surface area contributed by atoms with Crippen LogP contribution in [0.5, 0.6) is 0 Å². The normalized spacial score (nSPS) is 14.2. The van der Waals surface area contributed by atoms with E-state index in [-0.39, 0.29) is 12.5 Å². The molecule has 158 valence electrons. The van der Waals surface area contributed by atoms with Gasteiger partial charge in [-0.15, -0.1) is 0 Å². The molecule has 0 saturated carbocycles. The van der Waals surface area contributed by atoms with Crippen molar-refractivity contribution in [1.82, 2.24) is 20.4 Å². The highest BCUT2D eigenvalue weighted by Gasteiger charge is 2.22. The maximum Gasteiger partial charge on any atom is 0.309 e. The molecular formula is C22H25ClN4O3. The number of hydrogen-bond donors (Lipinski definition) is 2. The second-order valence-corrected chi connectivity index (χ2v) is 7.50. The molecule has 2 N–H and O–H groups in total. The number of piperazine rings is 1. The van der Waals surface area contributed by atoms with E-state index in [9.17, 15) is 14.4 Å². The van der Waals surface area contributed by atoms with E-state index in [1.165, 1.54) is 0 Å². The van der Waals surface area contributed by atoms with Crippen molar-refractivity contribution in [3.05, 3.63) is 70.7 Å². The Morgan fingerprint density at radius 1 is 0.833 bits per heavy atom. The van der Waals surface area contributed by atoms with Gasteiger partial charge in [-0.2, -0.15) is 0 Å². The van der Waals surface area contributed by atoms with Gasteiger partial charge in [0.25, 0.3) is 5.91 Å². The van der Waals surface area contributed by atoms with Crippen molar-refractivity contribution < 1.29 is 14.4 Å². The zero-order valence-corrected chi connectivity index (χ0v) is 17.4. The minimum absolute atomic E-state index is 0.0425. The Hall–Kier alpha value is -2.90. The molecule has 1 saturated heterocycles. The number of nitrogens with one attached hydrogen (secondary N) is 2. The predicted molar refractivity (Wildman–Crippen MR) is 115 cm³/mol. The van der Waals surface area contributed by atoms with Crippen molar-refractivity contribution >= 4 is 29.3 Å². The monoisotopic (exact) mass is 428 g/mol. The number of nitrogens with zero attached hydrogens (tertiary/aromatic N) is 2. The SMILES string of the molecule is O=C(NCCN1CCN(C(=O)c2ccccc2)CC1)C(=O)NCc1ccc(Cl)cc1. The molecule has 0 bridgehead atoms. The molecule has 0 atom stereocenters. The van der Waals surface area contributed by atoms with Gasteiger partial charge < -0.3 is 15.5 Å². The summed E-state index contributed by atoms with van der Waals surface area (Å²) in [7, 11) is 0. The van der Waals surface area contributed by atoms with Crippen molar-refractivity contribution in [3.8, 4) is 0 Å². The Morgan fingerprint density at radius 2 is 1.47 bits per heavy atom. The van der Waals surface area contributed by atoms with Gasteiger partial charge >= 0.3 is 11.8 Å². The van der Waals surface area contributed by atoms with Crippen LogP contribution in [0.4, 0.5) is 0 Å². The van der Waals surface area contributed by atoms with Gasteiger partial charge in [-0.3, -0.25) is 19.3 Å². The van der Waals surface area contributed by atoms with Crippen molar-refractivity contribution in [2.75, 3.05) is 39.3 Å². The fourth-order valence-corrected chi connectivity index (χ4v) is 3.34. The van der Waals surface area contributed by atoms with E-state index in [1.807, 2.05) is 35.2 Å². The molecule has 0 aliphatic carbocycles. The molecule has 8 heteroatoms. The van der Waals surface area contributed by atoms with Crippen LogP contribution in [0.15, 0.2) is 54.6 Å². The molecule has 0 radical (unpaired) electrons. The lowest BCUT2D eigenvalue weighted by Crippen LogP contribution is -2.50. The topological polar surface area (TPSA) is 81.8 Å². The highest BCUT2D eigenvalue weighted by Crippen LogP contribution is 2.09. The molecule has 1 fully saturated rings. The highest BCUT2D eigenvalue weighted by molar-refractivity contribution is 6.35. The molecule has 1 aliphatic heterocycles. The van der Waals surface area contributed by atoms with Crippen LogP contribution in [0.2, 0.25) is 5.02 Å². The first-order valence-electron chi connectivity index (χ1n) is 9.90. The summed E-state index contributed by atoms with van der Waals surface area (Å²) in [5.41, 5.74) is 1.56. The molecule has 3 amide bonds. The number of carbonyl (C=O) groups excluding carboxylic acids is 3. The molecule has 0 spiro atoms. The third-order valence-corrected chi connectivity index (χ3v) is 5.22. The third kappa shape index (κ3) is 6.30. The summed E-state index contributed by atoms with van der Waals surface area (Å²) in [6.45, 7) is 4.02. The third-order valence-electron chi connectivity index (χ3n) is 4.97. The van der Waals surface area contributed by atoms with E-state index in [0.29, 0.717) is 36.8 Å². The summed E-state index contributed by atoms with van der Waals surface area (Å²) >= 11 is 5.82. The van der Waals surface area contributed by atoms with Gasteiger partial charge in [-0.25, -0.2) is 0 Å². The van der Waals surface area contributed by atoms with Crippen LogP contribution in [0.25, 0.3) is 0 Å². The van der Waals surface area contributed by atoms with Gasteiger partial charge in [0.1, 0.15) is 0 Å². The van der Waals surface area contributed by atoms with Gasteiger partial charge in [-0.1, -0.05) is 41.9 Å². The first-order valence-corrected chi connectivity index (χ1v) is 10.3. The molecule has 3 rings (SSSR count). The van der Waals surface area contributed by atoms with Crippen molar-refractivity contribution in [2.45, 2.75) is 6.54 Å². The largest absolute Gasteiger partial charge is 0.347 e. The van der Waals surface area contributed by atoms with Gasteiger partial charge in [-0.05, 0) is 29.8 Å². The second-order valence-electron chi connectivity index (χ2n) is 7.06. The molecule has 0 unspecified atom stereocenters. The highest BCUT2D eigenvalue weighted by atomic mass is 35.5. The smallest absolute Gasteiger partial charge is 0.309 e. The Kier molecular flexibility index (Phi) is 7.82. The van der Waals surface area contributed by atoms with Gasteiger partial charge in [0, 0.05) is 56.4 Å². The number of carbonyl (C=O) groups is 3. The second kappa shape index (κ2) is 10.8. The Bertz CT molecular complexity index is 866. The fourth-order valence-electron chi connectivity index (χ4n) is 3.21.